The van der Waals surface area contributed by atoms with Crippen LogP contribution in [0, 0.1) is 5.92 Å². The Hall–Kier alpha value is -2.22. The minimum Gasteiger partial charge on any atom is -0.347 e. The molecule has 0 radical (unpaired) electrons. The smallest absolute Gasteiger partial charge is 0.270 e. The monoisotopic (exact) mass is 319 g/mol. The highest BCUT2D eigenvalue weighted by molar-refractivity contribution is 7.13. The third-order valence-electron chi connectivity index (χ3n) is 3.91. The predicted octanol–water partition coefficient (Wildman–Crippen LogP) is 1.37. The zero-order valence-electron chi connectivity index (χ0n) is 12.2. The summed E-state index contributed by atoms with van der Waals surface area (Å²) in [4.78, 5) is 26.4. The summed E-state index contributed by atoms with van der Waals surface area (Å²) in [5.41, 5.74) is 2.26. The van der Waals surface area contributed by atoms with Crippen LogP contribution in [0.1, 0.15) is 23.3 Å². The van der Waals surface area contributed by atoms with E-state index in [2.05, 4.69) is 15.5 Å². The van der Waals surface area contributed by atoms with Gasteiger partial charge in [-0.1, -0.05) is 11.3 Å². The predicted molar refractivity (Wildman–Crippen MR) is 82.6 cm³/mol. The summed E-state index contributed by atoms with van der Waals surface area (Å²) < 4.78 is 1.82. The van der Waals surface area contributed by atoms with Gasteiger partial charge in [0.15, 0.2) is 0 Å². The lowest BCUT2D eigenvalue weighted by Gasteiger charge is -2.31. The molecule has 22 heavy (non-hydrogen) atoms. The number of nitrogens with one attached hydrogen (secondary N) is 1. The van der Waals surface area contributed by atoms with E-state index < -0.39 is 0 Å². The standard InChI is InChI=1S/C14H17N5O2S/c1-18-6-2-3-11(18)13(21)19-7-4-10(5-8-19)12(20)16-14-17-15-9-22-14/h2-3,6,9-10H,4-5,7-8H2,1H3,(H,16,17,20). The van der Waals surface area contributed by atoms with E-state index in [1.54, 1.807) is 5.51 Å². The van der Waals surface area contributed by atoms with Gasteiger partial charge in [0.1, 0.15) is 11.2 Å². The molecular weight excluding hydrogens is 302 g/mol. The van der Waals surface area contributed by atoms with Gasteiger partial charge in [-0.2, -0.15) is 0 Å². The number of aromatic nitrogens is 3. The van der Waals surface area contributed by atoms with E-state index in [-0.39, 0.29) is 17.7 Å². The first-order chi connectivity index (χ1) is 10.6. The molecule has 0 bridgehead atoms. The first-order valence-electron chi connectivity index (χ1n) is 7.13. The van der Waals surface area contributed by atoms with Gasteiger partial charge in [-0.25, -0.2) is 0 Å². The average Bonchev–Trinajstić information content (AvgIpc) is 3.18. The Kier molecular flexibility index (Phi) is 4.19. The fraction of sp³-hybridized carbons (Fsp3) is 0.429. The molecule has 0 atom stereocenters. The number of anilines is 1. The van der Waals surface area contributed by atoms with Gasteiger partial charge in [-0.3, -0.25) is 9.59 Å². The largest absolute Gasteiger partial charge is 0.347 e. The second-order valence-electron chi connectivity index (χ2n) is 5.30. The van der Waals surface area contributed by atoms with Crippen LogP contribution in [-0.2, 0) is 11.8 Å². The molecule has 2 aromatic rings. The van der Waals surface area contributed by atoms with Crippen LogP contribution in [-0.4, -0.2) is 44.6 Å². The van der Waals surface area contributed by atoms with Crippen molar-refractivity contribution in [1.82, 2.24) is 19.7 Å². The van der Waals surface area contributed by atoms with E-state index >= 15 is 0 Å². The van der Waals surface area contributed by atoms with Crippen molar-refractivity contribution in [2.24, 2.45) is 13.0 Å². The molecule has 0 saturated carbocycles. The molecule has 0 unspecified atom stereocenters. The van der Waals surface area contributed by atoms with Crippen LogP contribution < -0.4 is 5.32 Å². The topological polar surface area (TPSA) is 80.1 Å². The number of piperidine rings is 1. The first kappa shape index (κ1) is 14.7. The highest BCUT2D eigenvalue weighted by Crippen LogP contribution is 2.21. The average molecular weight is 319 g/mol. The number of carbonyl (C=O) groups is 2. The normalized spacial score (nSPS) is 15.8. The van der Waals surface area contributed by atoms with Crippen LogP contribution in [0.2, 0.25) is 0 Å². The van der Waals surface area contributed by atoms with Crippen molar-refractivity contribution in [1.29, 1.82) is 0 Å². The Bertz CT molecular complexity index is 659. The zero-order chi connectivity index (χ0) is 15.5. The van der Waals surface area contributed by atoms with Crippen molar-refractivity contribution in [3.05, 3.63) is 29.5 Å². The maximum atomic E-state index is 12.4. The summed E-state index contributed by atoms with van der Waals surface area (Å²) in [6.07, 6.45) is 3.19. The summed E-state index contributed by atoms with van der Waals surface area (Å²) in [5.74, 6) is -0.0976. The quantitative estimate of drug-likeness (QED) is 0.926. The van der Waals surface area contributed by atoms with E-state index in [1.165, 1.54) is 11.3 Å². The molecule has 0 aromatic carbocycles. The van der Waals surface area contributed by atoms with Crippen LogP contribution in [0.3, 0.4) is 0 Å². The Labute approximate surface area is 132 Å². The maximum absolute atomic E-state index is 12.4. The molecule has 1 aliphatic heterocycles. The van der Waals surface area contributed by atoms with Crippen LogP contribution >= 0.6 is 11.3 Å². The molecule has 3 rings (SSSR count). The minimum absolute atomic E-state index is 0.0236. The van der Waals surface area contributed by atoms with Crippen molar-refractivity contribution < 1.29 is 9.59 Å². The van der Waals surface area contributed by atoms with Gasteiger partial charge in [-0.15, -0.1) is 10.2 Å². The van der Waals surface area contributed by atoms with E-state index in [1.807, 2.05) is 34.8 Å². The van der Waals surface area contributed by atoms with Crippen molar-refractivity contribution in [2.45, 2.75) is 12.8 Å². The number of hydrogen-bond acceptors (Lipinski definition) is 5. The van der Waals surface area contributed by atoms with Gasteiger partial charge in [0.2, 0.25) is 11.0 Å². The van der Waals surface area contributed by atoms with Crippen molar-refractivity contribution in [3.63, 3.8) is 0 Å². The highest BCUT2D eigenvalue weighted by atomic mass is 32.1. The molecule has 1 saturated heterocycles. The third kappa shape index (κ3) is 3.01. The Morgan fingerprint density at radius 1 is 1.36 bits per heavy atom. The van der Waals surface area contributed by atoms with Gasteiger partial charge >= 0.3 is 0 Å². The molecule has 1 aliphatic rings. The SMILES string of the molecule is Cn1cccc1C(=O)N1CCC(C(=O)Nc2nncs2)CC1. The zero-order valence-corrected chi connectivity index (χ0v) is 13.0. The lowest BCUT2D eigenvalue weighted by molar-refractivity contribution is -0.121. The molecule has 2 aromatic heterocycles. The summed E-state index contributed by atoms with van der Waals surface area (Å²) in [6.45, 7) is 1.19. The molecule has 8 heteroatoms. The van der Waals surface area contributed by atoms with Crippen molar-refractivity contribution >= 4 is 28.3 Å². The molecule has 2 amide bonds. The third-order valence-corrected chi connectivity index (χ3v) is 4.51. The molecule has 1 N–H and O–H groups in total. The van der Waals surface area contributed by atoms with Gasteiger partial charge in [0, 0.05) is 32.3 Å². The lowest BCUT2D eigenvalue weighted by Crippen LogP contribution is -2.42. The number of hydrogen-bond donors (Lipinski definition) is 1. The van der Waals surface area contributed by atoms with Crippen molar-refractivity contribution in [2.75, 3.05) is 18.4 Å². The minimum atomic E-state index is -0.0821. The maximum Gasteiger partial charge on any atom is 0.270 e. The summed E-state index contributed by atoms with van der Waals surface area (Å²) >= 11 is 1.30. The summed E-state index contributed by atoms with van der Waals surface area (Å²) in [5, 5.41) is 10.8. The van der Waals surface area contributed by atoms with E-state index in [4.69, 9.17) is 0 Å². The molecule has 0 spiro atoms. The molecular formula is C14H17N5O2S. The highest BCUT2D eigenvalue weighted by Gasteiger charge is 2.28. The fourth-order valence-electron chi connectivity index (χ4n) is 2.63. The number of aryl methyl sites for hydroxylation is 1. The van der Waals surface area contributed by atoms with Gasteiger partial charge < -0.3 is 14.8 Å². The van der Waals surface area contributed by atoms with Crippen LogP contribution in [0.15, 0.2) is 23.8 Å². The number of amides is 2. The van der Waals surface area contributed by atoms with Crippen LogP contribution in [0.25, 0.3) is 0 Å². The molecule has 3 heterocycles. The molecule has 1 fully saturated rings. The second-order valence-corrected chi connectivity index (χ2v) is 6.14. The Balaban J connectivity index is 1.55. The van der Waals surface area contributed by atoms with E-state index in [9.17, 15) is 9.59 Å². The number of likely N-dealkylation sites (tertiary alicyclic amines) is 1. The number of rotatable bonds is 3. The van der Waals surface area contributed by atoms with Gasteiger partial charge in [-0.05, 0) is 25.0 Å². The number of nitrogens with zero attached hydrogens (tertiary/aromatic N) is 4. The van der Waals surface area contributed by atoms with Crippen molar-refractivity contribution in [3.8, 4) is 0 Å². The summed E-state index contributed by atoms with van der Waals surface area (Å²) in [6, 6.07) is 3.67. The Morgan fingerprint density at radius 3 is 2.73 bits per heavy atom. The van der Waals surface area contributed by atoms with Gasteiger partial charge in [0.05, 0.1) is 0 Å². The Morgan fingerprint density at radius 2 is 2.14 bits per heavy atom. The van der Waals surface area contributed by atoms with Gasteiger partial charge in [0.25, 0.3) is 5.91 Å². The summed E-state index contributed by atoms with van der Waals surface area (Å²) in [7, 11) is 1.86. The first-order valence-corrected chi connectivity index (χ1v) is 8.01. The van der Waals surface area contributed by atoms with Crippen LogP contribution in [0.4, 0.5) is 5.13 Å². The lowest BCUT2D eigenvalue weighted by atomic mass is 9.96. The fourth-order valence-corrected chi connectivity index (χ4v) is 3.07. The molecule has 116 valence electrons. The molecule has 0 aliphatic carbocycles. The van der Waals surface area contributed by atoms with E-state index in [0.717, 1.165) is 0 Å². The van der Waals surface area contributed by atoms with Crippen LogP contribution in [0.5, 0.6) is 0 Å². The second kappa shape index (κ2) is 6.27. The number of carbonyl (C=O) groups excluding carboxylic acids is 2. The molecule has 7 nitrogen and oxygen atoms in total. The van der Waals surface area contributed by atoms with E-state index in [0.29, 0.717) is 36.8 Å².